The number of nitro benzene ring substituents is 1. The summed E-state index contributed by atoms with van der Waals surface area (Å²) >= 11 is 1.37. The Kier molecular flexibility index (Phi) is 6.02. The molecule has 0 radical (unpaired) electrons. The molecule has 1 amide bonds. The Bertz CT molecular complexity index is 952. The summed E-state index contributed by atoms with van der Waals surface area (Å²) in [5.41, 5.74) is 2.14. The molecule has 0 aliphatic carbocycles. The summed E-state index contributed by atoms with van der Waals surface area (Å²) in [5.74, 6) is -0.683. The number of benzene rings is 1. The number of carbonyl (C=O) groups excluding carboxylic acids is 2. The highest BCUT2D eigenvalue weighted by Gasteiger charge is 2.41. The molecule has 2 aliphatic heterocycles. The third kappa shape index (κ3) is 4.02. The number of aliphatic imine (C=N–C) groups is 1. The second-order valence-electron chi connectivity index (χ2n) is 6.36. The molecule has 2 heterocycles. The van der Waals surface area contributed by atoms with Gasteiger partial charge in [-0.3, -0.25) is 14.9 Å². The predicted octanol–water partition coefficient (Wildman–Crippen LogP) is 2.87. The van der Waals surface area contributed by atoms with Crippen LogP contribution in [0, 0.1) is 10.1 Å². The highest BCUT2D eigenvalue weighted by molar-refractivity contribution is 8.16. The van der Waals surface area contributed by atoms with Crippen LogP contribution in [0.4, 0.5) is 5.69 Å². The van der Waals surface area contributed by atoms with Crippen LogP contribution in [0.3, 0.4) is 0 Å². The number of amides is 1. The van der Waals surface area contributed by atoms with Gasteiger partial charge in [-0.1, -0.05) is 11.8 Å². The van der Waals surface area contributed by atoms with Crippen LogP contribution in [0.5, 0.6) is 0 Å². The van der Waals surface area contributed by atoms with Crippen LogP contribution in [-0.2, 0) is 14.3 Å². The van der Waals surface area contributed by atoms with E-state index >= 15 is 0 Å². The molecule has 29 heavy (non-hydrogen) atoms. The van der Waals surface area contributed by atoms with Gasteiger partial charge in [-0.05, 0) is 37.0 Å². The van der Waals surface area contributed by atoms with E-state index < -0.39 is 16.9 Å². The number of thioether (sulfide) groups is 1. The zero-order chi connectivity index (χ0) is 21.1. The zero-order valence-electron chi connectivity index (χ0n) is 16.2. The number of nitrogens with one attached hydrogen (secondary N) is 1. The Morgan fingerprint density at radius 2 is 2.03 bits per heavy atom. The number of amidine groups is 1. The molecule has 3 rings (SSSR count). The average molecular weight is 416 g/mol. The van der Waals surface area contributed by atoms with Crippen molar-refractivity contribution < 1.29 is 19.2 Å². The SMILES string of the molecule is CCNC(=O)CC1=CSC2=NC(C)=C(C(=O)OC)C(c3ccc([N+](=O)[O-])cc3)N12. The zero-order valence-corrected chi connectivity index (χ0v) is 17.0. The van der Waals surface area contributed by atoms with Crippen LogP contribution in [0.15, 0.2) is 51.6 Å². The van der Waals surface area contributed by atoms with Crippen LogP contribution in [0.25, 0.3) is 0 Å². The molecule has 0 saturated carbocycles. The molecule has 1 unspecified atom stereocenters. The van der Waals surface area contributed by atoms with Crippen LogP contribution in [0.2, 0.25) is 0 Å². The van der Waals surface area contributed by atoms with Crippen LogP contribution in [0.1, 0.15) is 31.9 Å². The predicted molar refractivity (Wildman–Crippen MR) is 109 cm³/mol. The van der Waals surface area contributed by atoms with Crippen molar-refractivity contribution >= 4 is 34.5 Å². The third-order valence-electron chi connectivity index (χ3n) is 4.54. The van der Waals surface area contributed by atoms with Gasteiger partial charge in [0.15, 0.2) is 5.17 Å². The first-order valence-electron chi connectivity index (χ1n) is 8.91. The van der Waals surface area contributed by atoms with Crippen molar-refractivity contribution in [2.75, 3.05) is 13.7 Å². The van der Waals surface area contributed by atoms with Crippen molar-refractivity contribution in [3.63, 3.8) is 0 Å². The van der Waals surface area contributed by atoms with E-state index in [2.05, 4.69) is 10.3 Å². The second-order valence-corrected chi connectivity index (χ2v) is 7.20. The third-order valence-corrected chi connectivity index (χ3v) is 5.43. The molecule has 152 valence electrons. The molecule has 0 spiro atoms. The van der Waals surface area contributed by atoms with Gasteiger partial charge in [0.2, 0.25) is 5.91 Å². The fraction of sp³-hybridized carbons (Fsp3) is 0.316. The minimum Gasteiger partial charge on any atom is -0.466 e. The number of hydrogen-bond donors (Lipinski definition) is 1. The lowest BCUT2D eigenvalue weighted by Gasteiger charge is -2.36. The van der Waals surface area contributed by atoms with Crippen molar-refractivity contribution in [1.82, 2.24) is 10.2 Å². The van der Waals surface area contributed by atoms with Gasteiger partial charge in [0, 0.05) is 24.4 Å². The highest BCUT2D eigenvalue weighted by atomic mass is 32.2. The number of nitrogens with zero attached hydrogens (tertiary/aromatic N) is 3. The van der Waals surface area contributed by atoms with E-state index in [1.807, 2.05) is 17.2 Å². The van der Waals surface area contributed by atoms with Gasteiger partial charge in [0.05, 0.1) is 35.8 Å². The first-order valence-corrected chi connectivity index (χ1v) is 9.79. The number of non-ortho nitro benzene ring substituents is 1. The van der Waals surface area contributed by atoms with E-state index in [1.165, 1.54) is 31.0 Å². The molecule has 10 heteroatoms. The fourth-order valence-corrected chi connectivity index (χ4v) is 4.22. The van der Waals surface area contributed by atoms with Gasteiger partial charge in [-0.2, -0.15) is 0 Å². The number of esters is 1. The first kappa shape index (κ1) is 20.6. The minimum atomic E-state index is -0.605. The van der Waals surface area contributed by atoms with Gasteiger partial charge in [-0.15, -0.1) is 0 Å². The maximum absolute atomic E-state index is 12.6. The fourth-order valence-electron chi connectivity index (χ4n) is 3.26. The lowest BCUT2D eigenvalue weighted by molar-refractivity contribution is -0.384. The number of hydrogen-bond acceptors (Lipinski definition) is 8. The molecule has 2 aliphatic rings. The normalized spacial score (nSPS) is 18.0. The Hall–Kier alpha value is -3.14. The number of rotatable bonds is 6. The summed E-state index contributed by atoms with van der Waals surface area (Å²) in [4.78, 5) is 41.6. The average Bonchev–Trinajstić information content (AvgIpc) is 3.08. The van der Waals surface area contributed by atoms with Crippen molar-refractivity contribution in [3.05, 3.63) is 62.3 Å². The lowest BCUT2D eigenvalue weighted by Crippen LogP contribution is -2.37. The van der Waals surface area contributed by atoms with Gasteiger partial charge < -0.3 is 15.0 Å². The van der Waals surface area contributed by atoms with Gasteiger partial charge >= 0.3 is 5.97 Å². The summed E-state index contributed by atoms with van der Waals surface area (Å²) in [5, 5.41) is 16.2. The molecule has 9 nitrogen and oxygen atoms in total. The Balaban J connectivity index is 2.06. The molecule has 0 bridgehead atoms. The number of ether oxygens (including phenoxy) is 1. The number of allylic oxidation sites excluding steroid dienone is 1. The number of carbonyl (C=O) groups is 2. The van der Waals surface area contributed by atoms with E-state index in [4.69, 9.17) is 4.74 Å². The van der Waals surface area contributed by atoms with Crippen molar-refractivity contribution in [3.8, 4) is 0 Å². The molecular formula is C19H20N4O5S. The molecule has 0 saturated heterocycles. The van der Waals surface area contributed by atoms with Crippen molar-refractivity contribution in [1.29, 1.82) is 0 Å². The molecule has 1 N–H and O–H groups in total. The van der Waals surface area contributed by atoms with E-state index in [1.54, 1.807) is 19.1 Å². The molecule has 1 aromatic carbocycles. The molecule has 1 atom stereocenters. The summed E-state index contributed by atoms with van der Waals surface area (Å²) in [6.45, 7) is 4.07. The van der Waals surface area contributed by atoms with E-state index in [0.29, 0.717) is 34.2 Å². The van der Waals surface area contributed by atoms with Crippen LogP contribution < -0.4 is 5.32 Å². The number of methoxy groups -OCH3 is 1. The summed E-state index contributed by atoms with van der Waals surface area (Å²) in [6, 6.07) is 5.39. The largest absolute Gasteiger partial charge is 0.466 e. The Morgan fingerprint density at radius 3 is 2.62 bits per heavy atom. The topological polar surface area (TPSA) is 114 Å². The van der Waals surface area contributed by atoms with Crippen LogP contribution in [-0.4, -0.2) is 40.5 Å². The maximum atomic E-state index is 12.6. The van der Waals surface area contributed by atoms with E-state index in [9.17, 15) is 19.7 Å². The summed E-state index contributed by atoms with van der Waals surface area (Å²) in [7, 11) is 1.29. The lowest BCUT2D eigenvalue weighted by atomic mass is 9.93. The van der Waals surface area contributed by atoms with E-state index in [-0.39, 0.29) is 18.0 Å². The summed E-state index contributed by atoms with van der Waals surface area (Å²) < 4.78 is 4.97. The number of nitro groups is 1. The van der Waals surface area contributed by atoms with Gasteiger partial charge in [0.25, 0.3) is 5.69 Å². The molecule has 0 aromatic heterocycles. The van der Waals surface area contributed by atoms with Gasteiger partial charge in [-0.25, -0.2) is 9.79 Å². The molecular weight excluding hydrogens is 396 g/mol. The van der Waals surface area contributed by atoms with Crippen molar-refractivity contribution in [2.45, 2.75) is 26.3 Å². The molecule has 1 aromatic rings. The Labute approximate surface area is 171 Å². The van der Waals surface area contributed by atoms with E-state index in [0.717, 1.165) is 0 Å². The second kappa shape index (κ2) is 8.48. The quantitative estimate of drug-likeness (QED) is 0.431. The molecule has 0 fully saturated rings. The highest BCUT2D eigenvalue weighted by Crippen LogP contribution is 2.44. The Morgan fingerprint density at radius 1 is 1.34 bits per heavy atom. The number of fused-ring (bicyclic) bond motifs is 1. The standard InChI is InChI=1S/C19H20N4O5S/c1-4-20-15(24)9-14-10-29-19-21-11(2)16(18(25)28-3)17(22(14)19)12-5-7-13(8-6-12)23(26)27/h5-8,10,17H,4,9H2,1-3H3,(H,20,24). The maximum Gasteiger partial charge on any atom is 0.338 e. The minimum absolute atomic E-state index is 0.0485. The first-order chi connectivity index (χ1) is 13.9. The summed E-state index contributed by atoms with van der Waals surface area (Å²) in [6.07, 6.45) is 0.122. The smallest absolute Gasteiger partial charge is 0.338 e. The monoisotopic (exact) mass is 416 g/mol. The van der Waals surface area contributed by atoms with Crippen molar-refractivity contribution in [2.24, 2.45) is 4.99 Å². The van der Waals surface area contributed by atoms with Crippen LogP contribution >= 0.6 is 11.8 Å². The van der Waals surface area contributed by atoms with Gasteiger partial charge in [0.1, 0.15) is 0 Å².